The number of pyridine rings is 1. The summed E-state index contributed by atoms with van der Waals surface area (Å²) in [4.78, 5) is 13.9. The number of rotatable bonds is 1. The van der Waals surface area contributed by atoms with E-state index in [1.54, 1.807) is 34.7 Å². The van der Waals surface area contributed by atoms with E-state index in [4.69, 9.17) is 16.3 Å². The number of aromatic nitrogens is 1. The average molecular weight is 398 g/mol. The molecule has 104 valence electrons. The van der Waals surface area contributed by atoms with Crippen LogP contribution >= 0.6 is 22.6 Å². The van der Waals surface area contributed by atoms with Crippen molar-refractivity contribution in [1.29, 1.82) is 10.5 Å². The van der Waals surface area contributed by atoms with E-state index in [0.29, 0.717) is 6.07 Å². The number of aromatic amines is 1. The Morgan fingerprint density at radius 3 is 2.33 bits per heavy atom. The number of nitriles is 2. The third kappa shape index (κ3) is 2.45. The lowest BCUT2D eigenvalue weighted by atomic mass is 9.96. The first-order valence-electron chi connectivity index (χ1n) is 5.41. The zero-order valence-corrected chi connectivity index (χ0v) is 12.3. The van der Waals surface area contributed by atoms with Crippen LogP contribution in [-0.2, 0) is 0 Å². The molecule has 0 saturated carbocycles. The quantitative estimate of drug-likeness (QED) is 0.568. The first kappa shape index (κ1) is 14.9. The maximum atomic E-state index is 14.0. The highest BCUT2D eigenvalue weighted by atomic mass is 127. The second-order valence-electron chi connectivity index (χ2n) is 3.96. The fourth-order valence-corrected chi connectivity index (χ4v) is 2.29. The summed E-state index contributed by atoms with van der Waals surface area (Å²) < 4.78 is 27.4. The van der Waals surface area contributed by atoms with E-state index in [2.05, 4.69) is 4.98 Å². The van der Waals surface area contributed by atoms with E-state index >= 15 is 0 Å². The summed E-state index contributed by atoms with van der Waals surface area (Å²) in [6.07, 6.45) is 0. The van der Waals surface area contributed by atoms with Crippen LogP contribution in [0.5, 0.6) is 0 Å². The molecule has 2 aromatic rings. The lowest BCUT2D eigenvalue weighted by Gasteiger charge is -2.10. The molecule has 1 aromatic carbocycles. The average Bonchev–Trinajstić information content (AvgIpc) is 2.42. The predicted molar refractivity (Wildman–Crippen MR) is 79.0 cm³/mol. The minimum Gasteiger partial charge on any atom is -0.384 e. The molecule has 5 nitrogen and oxygen atoms in total. The molecular weight excluding hydrogens is 393 g/mol. The Balaban J connectivity index is 3.00. The zero-order valence-electron chi connectivity index (χ0n) is 10.2. The van der Waals surface area contributed by atoms with Gasteiger partial charge >= 0.3 is 0 Å². The Bertz CT molecular complexity index is 893. The molecule has 2 rings (SSSR count). The van der Waals surface area contributed by atoms with E-state index in [-0.39, 0.29) is 26.1 Å². The monoisotopic (exact) mass is 398 g/mol. The second-order valence-corrected chi connectivity index (χ2v) is 5.12. The number of nitrogens with zero attached hydrogens (tertiary/aromatic N) is 2. The molecule has 0 fully saturated rings. The van der Waals surface area contributed by atoms with E-state index in [1.807, 2.05) is 0 Å². The van der Waals surface area contributed by atoms with Crippen molar-refractivity contribution in [3.8, 4) is 23.3 Å². The van der Waals surface area contributed by atoms with E-state index in [1.165, 1.54) is 0 Å². The molecule has 1 aromatic heterocycles. The minimum atomic E-state index is -0.995. The van der Waals surface area contributed by atoms with Gasteiger partial charge in [-0.05, 0) is 28.7 Å². The third-order valence-electron chi connectivity index (χ3n) is 2.75. The van der Waals surface area contributed by atoms with Crippen molar-refractivity contribution in [2.45, 2.75) is 0 Å². The lowest BCUT2D eigenvalue weighted by Crippen LogP contribution is -2.16. The maximum Gasteiger partial charge on any atom is 0.268 e. The van der Waals surface area contributed by atoms with Crippen molar-refractivity contribution in [3.63, 3.8) is 0 Å². The zero-order chi connectivity index (χ0) is 15.7. The van der Waals surface area contributed by atoms with Crippen molar-refractivity contribution in [2.24, 2.45) is 0 Å². The molecule has 1 heterocycles. The van der Waals surface area contributed by atoms with Crippen LogP contribution in [0.4, 0.5) is 14.6 Å². The fourth-order valence-electron chi connectivity index (χ4n) is 1.83. The maximum absolute atomic E-state index is 14.0. The highest BCUT2D eigenvalue weighted by Gasteiger charge is 2.21. The molecule has 0 bridgehead atoms. The Morgan fingerprint density at radius 2 is 1.76 bits per heavy atom. The van der Waals surface area contributed by atoms with Gasteiger partial charge in [0.05, 0.1) is 0 Å². The van der Waals surface area contributed by atoms with Crippen LogP contribution in [-0.4, -0.2) is 4.98 Å². The van der Waals surface area contributed by atoms with E-state index < -0.39 is 22.8 Å². The molecule has 0 aliphatic rings. The predicted octanol–water partition coefficient (Wildman–Crippen LogP) is 2.25. The molecule has 0 unspecified atom stereocenters. The van der Waals surface area contributed by atoms with Gasteiger partial charge in [-0.3, -0.25) is 4.79 Å². The Kier molecular flexibility index (Phi) is 3.91. The number of benzene rings is 1. The Labute approximate surface area is 130 Å². The van der Waals surface area contributed by atoms with E-state index in [0.717, 1.165) is 6.07 Å². The summed E-state index contributed by atoms with van der Waals surface area (Å²) in [5.74, 6) is -2.06. The molecule has 3 N–H and O–H groups in total. The molecular formula is C13H5F2IN4O. The van der Waals surface area contributed by atoms with Crippen LogP contribution in [0.1, 0.15) is 11.1 Å². The van der Waals surface area contributed by atoms with Gasteiger partial charge in [-0.15, -0.1) is 0 Å². The second kappa shape index (κ2) is 5.50. The van der Waals surface area contributed by atoms with Crippen molar-refractivity contribution in [2.75, 3.05) is 5.73 Å². The smallest absolute Gasteiger partial charge is 0.268 e. The van der Waals surface area contributed by atoms with Crippen molar-refractivity contribution in [3.05, 3.63) is 48.8 Å². The topological polar surface area (TPSA) is 106 Å². The van der Waals surface area contributed by atoms with Crippen LogP contribution in [0.15, 0.2) is 16.9 Å². The standard InChI is InChI=1S/C13H5F2IN4O/c14-8-2-9(15)10(16)1-5(8)11-6(3-17)12(19)20-13(21)7(11)4-18/h1-2H,(H3,19,20,21). The molecule has 21 heavy (non-hydrogen) atoms. The van der Waals surface area contributed by atoms with Gasteiger partial charge in [0, 0.05) is 20.8 Å². The number of nitrogens with one attached hydrogen (secondary N) is 1. The summed E-state index contributed by atoms with van der Waals surface area (Å²) in [6.45, 7) is 0. The van der Waals surface area contributed by atoms with Crippen molar-refractivity contribution >= 4 is 28.4 Å². The van der Waals surface area contributed by atoms with Crippen LogP contribution in [0.3, 0.4) is 0 Å². The summed E-state index contributed by atoms with van der Waals surface area (Å²) in [6, 6.07) is 5.06. The highest BCUT2D eigenvalue weighted by molar-refractivity contribution is 14.1. The van der Waals surface area contributed by atoms with Gasteiger partial charge in [-0.25, -0.2) is 8.78 Å². The molecule has 0 aliphatic carbocycles. The Morgan fingerprint density at radius 1 is 1.14 bits per heavy atom. The SMILES string of the molecule is N#Cc1c(N)[nH]c(=O)c(C#N)c1-c1cc(I)c(F)cc1F. The molecule has 8 heteroatoms. The molecule has 0 radical (unpaired) electrons. The van der Waals surface area contributed by atoms with Gasteiger partial charge < -0.3 is 10.7 Å². The number of nitrogens with two attached hydrogens (primary N) is 1. The number of halogens is 3. The highest BCUT2D eigenvalue weighted by Crippen LogP contribution is 2.32. The summed E-state index contributed by atoms with van der Waals surface area (Å²) in [5, 5.41) is 18.2. The van der Waals surface area contributed by atoms with E-state index in [9.17, 15) is 13.6 Å². The molecule has 0 spiro atoms. The van der Waals surface area contributed by atoms with Crippen LogP contribution in [0.2, 0.25) is 0 Å². The summed E-state index contributed by atoms with van der Waals surface area (Å²) in [7, 11) is 0. The molecule has 0 saturated heterocycles. The third-order valence-corrected chi connectivity index (χ3v) is 3.57. The number of nitrogen functional groups attached to an aromatic ring is 1. The lowest BCUT2D eigenvalue weighted by molar-refractivity contribution is 0.580. The van der Waals surface area contributed by atoms with Crippen LogP contribution < -0.4 is 11.3 Å². The van der Waals surface area contributed by atoms with Gasteiger partial charge in [0.1, 0.15) is 40.7 Å². The molecule has 0 aliphatic heterocycles. The van der Waals surface area contributed by atoms with Crippen molar-refractivity contribution < 1.29 is 8.78 Å². The first-order valence-corrected chi connectivity index (χ1v) is 6.49. The van der Waals surface area contributed by atoms with Gasteiger partial charge in [0.25, 0.3) is 5.56 Å². The number of hydrogen-bond donors (Lipinski definition) is 2. The molecule has 0 amide bonds. The minimum absolute atomic E-state index is 0.0793. The fraction of sp³-hybridized carbons (Fsp3) is 0. The van der Waals surface area contributed by atoms with Crippen molar-refractivity contribution in [1.82, 2.24) is 4.98 Å². The van der Waals surface area contributed by atoms with Gasteiger partial charge in [-0.1, -0.05) is 0 Å². The van der Waals surface area contributed by atoms with Crippen LogP contribution in [0, 0.1) is 37.9 Å². The van der Waals surface area contributed by atoms with Gasteiger partial charge in [0.15, 0.2) is 0 Å². The first-order chi connectivity index (χ1) is 9.90. The van der Waals surface area contributed by atoms with Gasteiger partial charge in [-0.2, -0.15) is 10.5 Å². The normalized spacial score (nSPS) is 9.95. The number of hydrogen-bond acceptors (Lipinski definition) is 4. The number of H-pyrrole nitrogens is 1. The number of anilines is 1. The summed E-state index contributed by atoms with van der Waals surface area (Å²) in [5.41, 5.74) is 3.51. The summed E-state index contributed by atoms with van der Waals surface area (Å²) >= 11 is 1.63. The largest absolute Gasteiger partial charge is 0.384 e. The Hall–Kier alpha value is -2.46. The van der Waals surface area contributed by atoms with Crippen LogP contribution in [0.25, 0.3) is 11.1 Å². The molecule has 0 atom stereocenters. The van der Waals surface area contributed by atoms with Gasteiger partial charge in [0.2, 0.25) is 0 Å².